The van der Waals surface area contributed by atoms with Crippen LogP contribution in [0.4, 0.5) is 10.1 Å². The molecule has 1 aromatic carbocycles. The molecule has 0 saturated carbocycles. The highest BCUT2D eigenvalue weighted by atomic mass is 19.1. The van der Waals surface area contributed by atoms with Gasteiger partial charge in [-0.15, -0.1) is 0 Å². The summed E-state index contributed by atoms with van der Waals surface area (Å²) in [6, 6.07) is 11.0. The summed E-state index contributed by atoms with van der Waals surface area (Å²) in [5, 5.41) is 3.04. The number of pyridine rings is 1. The first-order valence-electron chi connectivity index (χ1n) is 6.66. The van der Waals surface area contributed by atoms with Gasteiger partial charge in [0.15, 0.2) is 0 Å². The van der Waals surface area contributed by atoms with Gasteiger partial charge in [-0.2, -0.15) is 0 Å². The van der Waals surface area contributed by atoms with Crippen LogP contribution in [-0.4, -0.2) is 19.1 Å². The van der Waals surface area contributed by atoms with E-state index in [0.717, 1.165) is 22.6 Å². The summed E-state index contributed by atoms with van der Waals surface area (Å²) in [4.78, 5) is 6.48. The molecule has 0 aliphatic rings. The molecule has 0 spiro atoms. The minimum Gasteiger partial charge on any atom is -0.369 e. The van der Waals surface area contributed by atoms with Crippen molar-refractivity contribution in [1.29, 1.82) is 0 Å². The van der Waals surface area contributed by atoms with Gasteiger partial charge in [-0.05, 0) is 49.9 Å². The maximum atomic E-state index is 13.6. The molecule has 0 radical (unpaired) electrons. The molecule has 0 bridgehead atoms. The molecule has 106 valence electrons. The van der Waals surface area contributed by atoms with Crippen LogP contribution < -0.4 is 10.2 Å². The van der Waals surface area contributed by atoms with Crippen molar-refractivity contribution >= 4 is 5.69 Å². The number of nitrogens with zero attached hydrogens (tertiary/aromatic N) is 2. The van der Waals surface area contributed by atoms with Gasteiger partial charge in [0.1, 0.15) is 5.82 Å². The Morgan fingerprint density at radius 2 is 2.05 bits per heavy atom. The van der Waals surface area contributed by atoms with Gasteiger partial charge in [0.2, 0.25) is 0 Å². The van der Waals surface area contributed by atoms with E-state index in [-0.39, 0.29) is 5.82 Å². The Morgan fingerprint density at radius 1 is 1.25 bits per heavy atom. The second-order valence-electron chi connectivity index (χ2n) is 4.97. The third-order valence-corrected chi connectivity index (χ3v) is 3.11. The highest BCUT2D eigenvalue weighted by Gasteiger charge is 2.07. The van der Waals surface area contributed by atoms with E-state index in [0.29, 0.717) is 13.1 Å². The van der Waals surface area contributed by atoms with Crippen molar-refractivity contribution in [3.05, 3.63) is 59.2 Å². The predicted molar refractivity (Wildman–Crippen MR) is 80.2 cm³/mol. The summed E-state index contributed by atoms with van der Waals surface area (Å²) < 4.78 is 13.6. The number of aryl methyl sites for hydroxylation is 1. The minimum absolute atomic E-state index is 0.211. The van der Waals surface area contributed by atoms with Crippen molar-refractivity contribution in [3.8, 4) is 0 Å². The lowest BCUT2D eigenvalue weighted by Gasteiger charge is -2.20. The Balaban J connectivity index is 2.18. The SMILES string of the molecule is CNCc1cc(F)cc(N(C)Cc2cccc(C)n2)c1. The van der Waals surface area contributed by atoms with Gasteiger partial charge in [-0.3, -0.25) is 4.98 Å². The number of hydrogen-bond acceptors (Lipinski definition) is 3. The van der Waals surface area contributed by atoms with E-state index in [4.69, 9.17) is 0 Å². The van der Waals surface area contributed by atoms with Crippen molar-refractivity contribution in [2.24, 2.45) is 0 Å². The molecule has 0 atom stereocenters. The van der Waals surface area contributed by atoms with E-state index in [1.807, 2.05) is 50.2 Å². The van der Waals surface area contributed by atoms with Crippen LogP contribution >= 0.6 is 0 Å². The first-order valence-corrected chi connectivity index (χ1v) is 6.66. The van der Waals surface area contributed by atoms with Crippen molar-refractivity contribution in [1.82, 2.24) is 10.3 Å². The lowest BCUT2D eigenvalue weighted by molar-refractivity contribution is 0.623. The highest BCUT2D eigenvalue weighted by Crippen LogP contribution is 2.19. The number of benzene rings is 1. The number of rotatable bonds is 5. The van der Waals surface area contributed by atoms with Crippen LogP contribution in [0.2, 0.25) is 0 Å². The van der Waals surface area contributed by atoms with Gasteiger partial charge in [-0.25, -0.2) is 4.39 Å². The minimum atomic E-state index is -0.211. The molecule has 1 aromatic heterocycles. The van der Waals surface area contributed by atoms with Crippen molar-refractivity contribution in [2.45, 2.75) is 20.0 Å². The summed E-state index contributed by atoms with van der Waals surface area (Å²) in [5.74, 6) is -0.211. The van der Waals surface area contributed by atoms with Crippen LogP contribution in [0.3, 0.4) is 0 Å². The lowest BCUT2D eigenvalue weighted by Crippen LogP contribution is -2.18. The number of hydrogen-bond donors (Lipinski definition) is 1. The van der Waals surface area contributed by atoms with Crippen LogP contribution in [-0.2, 0) is 13.1 Å². The zero-order chi connectivity index (χ0) is 14.5. The van der Waals surface area contributed by atoms with E-state index in [1.165, 1.54) is 0 Å². The number of nitrogens with one attached hydrogen (secondary N) is 1. The van der Waals surface area contributed by atoms with Gasteiger partial charge in [0, 0.05) is 25.0 Å². The Morgan fingerprint density at radius 3 is 2.75 bits per heavy atom. The maximum absolute atomic E-state index is 13.6. The number of halogens is 1. The molecule has 2 aromatic rings. The van der Waals surface area contributed by atoms with Crippen molar-refractivity contribution in [3.63, 3.8) is 0 Å². The van der Waals surface area contributed by atoms with Crippen LogP contribution in [0.5, 0.6) is 0 Å². The fourth-order valence-electron chi connectivity index (χ4n) is 2.18. The van der Waals surface area contributed by atoms with Gasteiger partial charge in [0.05, 0.1) is 12.2 Å². The van der Waals surface area contributed by atoms with E-state index < -0.39 is 0 Å². The fraction of sp³-hybridized carbons (Fsp3) is 0.312. The number of anilines is 1. The second kappa shape index (κ2) is 6.48. The molecule has 20 heavy (non-hydrogen) atoms. The predicted octanol–water partition coefficient (Wildman–Crippen LogP) is 2.88. The molecule has 2 rings (SSSR count). The molecule has 0 aliphatic heterocycles. The molecule has 0 saturated heterocycles. The van der Waals surface area contributed by atoms with E-state index in [2.05, 4.69) is 10.3 Å². The highest BCUT2D eigenvalue weighted by molar-refractivity contribution is 5.48. The monoisotopic (exact) mass is 273 g/mol. The summed E-state index contributed by atoms with van der Waals surface area (Å²) in [7, 11) is 3.80. The summed E-state index contributed by atoms with van der Waals surface area (Å²) >= 11 is 0. The van der Waals surface area contributed by atoms with Gasteiger partial charge in [-0.1, -0.05) is 6.07 Å². The van der Waals surface area contributed by atoms with Crippen LogP contribution in [0.15, 0.2) is 36.4 Å². The van der Waals surface area contributed by atoms with Crippen LogP contribution in [0.1, 0.15) is 17.0 Å². The second-order valence-corrected chi connectivity index (χ2v) is 4.97. The lowest BCUT2D eigenvalue weighted by atomic mass is 10.1. The fourth-order valence-corrected chi connectivity index (χ4v) is 2.18. The van der Waals surface area contributed by atoms with Crippen LogP contribution in [0, 0.1) is 12.7 Å². The molecule has 1 heterocycles. The molecule has 3 nitrogen and oxygen atoms in total. The maximum Gasteiger partial charge on any atom is 0.125 e. The molecule has 4 heteroatoms. The molecular formula is C16H20FN3. The van der Waals surface area contributed by atoms with Crippen molar-refractivity contribution < 1.29 is 4.39 Å². The summed E-state index contributed by atoms with van der Waals surface area (Å²) in [6.07, 6.45) is 0. The first-order chi connectivity index (χ1) is 9.58. The summed E-state index contributed by atoms with van der Waals surface area (Å²) in [5.41, 5.74) is 3.77. The van der Waals surface area contributed by atoms with Gasteiger partial charge in [0.25, 0.3) is 0 Å². The van der Waals surface area contributed by atoms with Gasteiger partial charge >= 0.3 is 0 Å². The molecule has 0 unspecified atom stereocenters. The Kier molecular flexibility index (Phi) is 4.69. The van der Waals surface area contributed by atoms with E-state index in [9.17, 15) is 4.39 Å². The topological polar surface area (TPSA) is 28.2 Å². The zero-order valence-electron chi connectivity index (χ0n) is 12.2. The van der Waals surface area contributed by atoms with Crippen LogP contribution in [0.25, 0.3) is 0 Å². The summed E-state index contributed by atoms with van der Waals surface area (Å²) in [6.45, 7) is 3.28. The third kappa shape index (κ3) is 3.78. The zero-order valence-corrected chi connectivity index (χ0v) is 12.2. The third-order valence-electron chi connectivity index (χ3n) is 3.11. The van der Waals surface area contributed by atoms with E-state index in [1.54, 1.807) is 12.1 Å². The number of aromatic nitrogens is 1. The normalized spacial score (nSPS) is 10.6. The molecule has 1 N–H and O–H groups in total. The molecule has 0 fully saturated rings. The Bertz CT molecular complexity index is 584. The van der Waals surface area contributed by atoms with Crippen molar-refractivity contribution in [2.75, 3.05) is 19.0 Å². The Hall–Kier alpha value is -1.94. The van der Waals surface area contributed by atoms with Gasteiger partial charge < -0.3 is 10.2 Å². The Labute approximate surface area is 119 Å². The molecular weight excluding hydrogens is 253 g/mol. The standard InChI is InChI=1S/C16H20FN3/c1-12-5-4-6-15(19-12)11-20(3)16-8-13(10-18-2)7-14(17)9-16/h4-9,18H,10-11H2,1-3H3. The average molecular weight is 273 g/mol. The molecule has 0 amide bonds. The smallest absolute Gasteiger partial charge is 0.125 e. The largest absolute Gasteiger partial charge is 0.369 e. The molecule has 0 aliphatic carbocycles. The average Bonchev–Trinajstić information content (AvgIpc) is 2.38. The first kappa shape index (κ1) is 14.5. The van der Waals surface area contributed by atoms with E-state index >= 15 is 0 Å². The quantitative estimate of drug-likeness (QED) is 0.908.